The molecule has 0 unspecified atom stereocenters. The van der Waals surface area contributed by atoms with Gasteiger partial charge in [-0.05, 0) is 31.0 Å². The van der Waals surface area contributed by atoms with Crippen LogP contribution in [0.25, 0.3) is 0 Å². The quantitative estimate of drug-likeness (QED) is 0.612. The van der Waals surface area contributed by atoms with Gasteiger partial charge in [-0.1, -0.05) is 24.4 Å². The van der Waals surface area contributed by atoms with Crippen molar-refractivity contribution in [1.29, 1.82) is 0 Å². The van der Waals surface area contributed by atoms with Crippen molar-refractivity contribution in [1.82, 2.24) is 14.9 Å². The van der Waals surface area contributed by atoms with Gasteiger partial charge in [0.25, 0.3) is 0 Å². The Morgan fingerprint density at radius 3 is 2.55 bits per heavy atom. The number of benzene rings is 1. The molecule has 9 nitrogen and oxygen atoms in total. The number of hydrogen-bond donors (Lipinski definition) is 3. The first kappa shape index (κ1) is 21.8. The molecular formula is C18H25ClN4O5S. The molecular weight excluding hydrogens is 420 g/mol. The van der Waals surface area contributed by atoms with E-state index in [1.54, 1.807) is 6.07 Å². The zero-order valence-corrected chi connectivity index (χ0v) is 17.5. The van der Waals surface area contributed by atoms with E-state index in [1.807, 2.05) is 0 Å². The lowest BCUT2D eigenvalue weighted by molar-refractivity contribution is -0.118. The minimum Gasteiger partial charge on any atom is -0.379 e. The molecule has 1 saturated carbocycles. The van der Waals surface area contributed by atoms with Crippen LogP contribution in [0.2, 0.25) is 5.02 Å². The zero-order valence-electron chi connectivity index (χ0n) is 15.9. The molecule has 0 radical (unpaired) electrons. The maximum absolute atomic E-state index is 12.8. The monoisotopic (exact) mass is 444 g/mol. The maximum atomic E-state index is 12.8. The Balaban J connectivity index is 1.57. The summed E-state index contributed by atoms with van der Waals surface area (Å²) in [5.41, 5.74) is 0.410. The van der Waals surface area contributed by atoms with Gasteiger partial charge in [0.05, 0.1) is 24.8 Å². The molecule has 1 aromatic rings. The molecule has 1 aromatic carbocycles. The van der Waals surface area contributed by atoms with Crippen LogP contribution in [0.1, 0.15) is 25.7 Å². The molecule has 0 bridgehead atoms. The first-order valence-corrected chi connectivity index (χ1v) is 11.4. The SMILES string of the molecule is O=C(CNc1ccc(Cl)c(S(=O)(=O)N2CCOCC2)c1)NC(=O)NC1CCCC1. The highest BCUT2D eigenvalue weighted by atomic mass is 35.5. The summed E-state index contributed by atoms with van der Waals surface area (Å²) in [4.78, 5) is 23.8. The molecule has 1 saturated heterocycles. The number of rotatable bonds is 6. The van der Waals surface area contributed by atoms with Gasteiger partial charge in [0.15, 0.2) is 0 Å². The van der Waals surface area contributed by atoms with E-state index in [-0.39, 0.29) is 35.6 Å². The number of ether oxygens (including phenoxy) is 1. The van der Waals surface area contributed by atoms with Crippen molar-refractivity contribution in [2.75, 3.05) is 38.2 Å². The molecule has 0 atom stereocenters. The standard InChI is InChI=1S/C18H25ClN4O5S/c19-15-6-5-14(11-16(15)29(26,27)23-7-9-28-10-8-23)20-12-17(24)22-18(25)21-13-3-1-2-4-13/h5-6,11,13,20H,1-4,7-10,12H2,(H2,21,22,24,25). The number of nitrogens with zero attached hydrogens (tertiary/aromatic N) is 1. The summed E-state index contributed by atoms with van der Waals surface area (Å²) < 4.78 is 32.2. The van der Waals surface area contributed by atoms with Crippen LogP contribution in [-0.4, -0.2) is 63.6 Å². The van der Waals surface area contributed by atoms with E-state index < -0.39 is 22.0 Å². The molecule has 2 fully saturated rings. The third-order valence-electron chi connectivity index (χ3n) is 4.92. The lowest BCUT2D eigenvalue weighted by Crippen LogP contribution is -2.45. The fraction of sp³-hybridized carbons (Fsp3) is 0.556. The summed E-state index contributed by atoms with van der Waals surface area (Å²) in [6.07, 6.45) is 4.00. The number of nitrogens with one attached hydrogen (secondary N) is 3. The van der Waals surface area contributed by atoms with Crippen molar-refractivity contribution in [3.63, 3.8) is 0 Å². The van der Waals surface area contributed by atoms with Crippen molar-refractivity contribution in [2.45, 2.75) is 36.6 Å². The summed E-state index contributed by atoms with van der Waals surface area (Å²) in [6, 6.07) is 4.02. The van der Waals surface area contributed by atoms with Crippen LogP contribution in [0.5, 0.6) is 0 Å². The third-order valence-corrected chi connectivity index (χ3v) is 7.30. The number of carbonyl (C=O) groups is 2. The largest absolute Gasteiger partial charge is 0.379 e. The Morgan fingerprint density at radius 2 is 1.86 bits per heavy atom. The number of morpholine rings is 1. The number of halogens is 1. The van der Waals surface area contributed by atoms with Gasteiger partial charge in [-0.3, -0.25) is 10.1 Å². The summed E-state index contributed by atoms with van der Waals surface area (Å²) >= 11 is 6.12. The van der Waals surface area contributed by atoms with Crippen molar-refractivity contribution in [2.24, 2.45) is 0 Å². The van der Waals surface area contributed by atoms with Gasteiger partial charge in [-0.15, -0.1) is 0 Å². The second kappa shape index (κ2) is 9.75. The normalized spacial score (nSPS) is 18.4. The fourth-order valence-corrected chi connectivity index (χ4v) is 5.29. The van der Waals surface area contributed by atoms with Crippen molar-refractivity contribution >= 4 is 39.2 Å². The van der Waals surface area contributed by atoms with Crippen molar-refractivity contribution in [3.8, 4) is 0 Å². The van der Waals surface area contributed by atoms with Crippen LogP contribution in [0.4, 0.5) is 10.5 Å². The Bertz CT molecular complexity index is 852. The van der Waals surface area contributed by atoms with Crippen LogP contribution < -0.4 is 16.0 Å². The Morgan fingerprint density at radius 1 is 1.17 bits per heavy atom. The molecule has 3 rings (SSSR count). The number of urea groups is 1. The van der Waals surface area contributed by atoms with E-state index in [1.165, 1.54) is 16.4 Å². The van der Waals surface area contributed by atoms with Gasteiger partial charge in [-0.25, -0.2) is 13.2 Å². The smallest absolute Gasteiger partial charge is 0.321 e. The average Bonchev–Trinajstić information content (AvgIpc) is 3.20. The number of anilines is 1. The minimum absolute atomic E-state index is 0.0366. The van der Waals surface area contributed by atoms with Crippen LogP contribution in [0.3, 0.4) is 0 Å². The maximum Gasteiger partial charge on any atom is 0.321 e. The van der Waals surface area contributed by atoms with E-state index in [9.17, 15) is 18.0 Å². The first-order chi connectivity index (χ1) is 13.9. The van der Waals surface area contributed by atoms with Crippen LogP contribution in [-0.2, 0) is 19.6 Å². The van der Waals surface area contributed by atoms with Gasteiger partial charge in [0, 0.05) is 24.8 Å². The molecule has 3 N–H and O–H groups in total. The van der Waals surface area contributed by atoms with Crippen molar-refractivity contribution in [3.05, 3.63) is 23.2 Å². The highest BCUT2D eigenvalue weighted by Crippen LogP contribution is 2.28. The van der Waals surface area contributed by atoms with Crippen LogP contribution >= 0.6 is 11.6 Å². The molecule has 11 heteroatoms. The van der Waals surface area contributed by atoms with Gasteiger partial charge < -0.3 is 15.4 Å². The summed E-state index contributed by atoms with van der Waals surface area (Å²) in [6.45, 7) is 0.996. The zero-order chi connectivity index (χ0) is 20.9. The summed E-state index contributed by atoms with van der Waals surface area (Å²) in [7, 11) is -3.77. The van der Waals surface area contributed by atoms with E-state index in [0.29, 0.717) is 18.9 Å². The minimum atomic E-state index is -3.77. The van der Waals surface area contributed by atoms with E-state index in [0.717, 1.165) is 25.7 Å². The molecule has 160 valence electrons. The summed E-state index contributed by atoms with van der Waals surface area (Å²) in [5, 5.41) is 7.96. The number of carbonyl (C=O) groups excluding carboxylic acids is 2. The molecule has 0 aromatic heterocycles. The molecule has 2 aliphatic rings. The topological polar surface area (TPSA) is 117 Å². The molecule has 0 spiro atoms. The third kappa shape index (κ3) is 5.81. The second-order valence-corrected chi connectivity index (χ2v) is 9.33. The summed E-state index contributed by atoms with van der Waals surface area (Å²) in [5.74, 6) is -0.520. The highest BCUT2D eigenvalue weighted by Gasteiger charge is 2.28. The number of imide groups is 1. The lowest BCUT2D eigenvalue weighted by Gasteiger charge is -2.26. The molecule has 3 amide bonds. The molecule has 29 heavy (non-hydrogen) atoms. The molecule has 1 aliphatic heterocycles. The number of hydrogen-bond acceptors (Lipinski definition) is 6. The number of sulfonamides is 1. The van der Waals surface area contributed by atoms with Gasteiger partial charge >= 0.3 is 6.03 Å². The molecule has 1 aliphatic carbocycles. The van der Waals surface area contributed by atoms with Gasteiger partial charge in [0.1, 0.15) is 4.90 Å². The Hall–Kier alpha value is -1.88. The predicted molar refractivity (Wildman–Crippen MR) is 108 cm³/mol. The Labute approximate surface area is 175 Å². The van der Waals surface area contributed by atoms with Crippen LogP contribution in [0, 0.1) is 0 Å². The van der Waals surface area contributed by atoms with Gasteiger partial charge in [0.2, 0.25) is 15.9 Å². The van der Waals surface area contributed by atoms with E-state index in [2.05, 4.69) is 16.0 Å². The number of amides is 3. The van der Waals surface area contributed by atoms with Crippen molar-refractivity contribution < 1.29 is 22.7 Å². The first-order valence-electron chi connectivity index (χ1n) is 9.58. The van der Waals surface area contributed by atoms with Crippen LogP contribution in [0.15, 0.2) is 23.1 Å². The average molecular weight is 445 g/mol. The lowest BCUT2D eigenvalue weighted by atomic mass is 10.2. The van der Waals surface area contributed by atoms with E-state index in [4.69, 9.17) is 16.3 Å². The Kier molecular flexibility index (Phi) is 7.33. The predicted octanol–water partition coefficient (Wildman–Crippen LogP) is 1.54. The highest BCUT2D eigenvalue weighted by molar-refractivity contribution is 7.89. The van der Waals surface area contributed by atoms with Gasteiger partial charge in [-0.2, -0.15) is 4.31 Å². The second-order valence-electron chi connectivity index (χ2n) is 7.02. The van der Waals surface area contributed by atoms with E-state index >= 15 is 0 Å². The molecule has 1 heterocycles. The fourth-order valence-electron chi connectivity index (χ4n) is 3.38.